The van der Waals surface area contributed by atoms with Crippen molar-refractivity contribution in [3.05, 3.63) is 70.9 Å². The fourth-order valence-corrected chi connectivity index (χ4v) is 3.85. The van der Waals surface area contributed by atoms with Crippen LogP contribution in [-0.4, -0.2) is 33.6 Å². The SMILES string of the molecule is COc1cc(C(C)Cc2ccccc2)c(C(ON)C2=CNC(=O)NC2OC)cc1OC. The Bertz CT molecular complexity index is 932. The van der Waals surface area contributed by atoms with Gasteiger partial charge in [-0.25, -0.2) is 10.7 Å². The quantitative estimate of drug-likeness (QED) is 0.531. The molecule has 3 rings (SSSR count). The monoisotopic (exact) mass is 427 g/mol. The summed E-state index contributed by atoms with van der Waals surface area (Å²) in [7, 11) is 4.68. The Morgan fingerprint density at radius 2 is 1.68 bits per heavy atom. The molecule has 0 aliphatic carbocycles. The van der Waals surface area contributed by atoms with Crippen molar-refractivity contribution in [3.63, 3.8) is 0 Å². The number of ether oxygens (including phenoxy) is 3. The van der Waals surface area contributed by atoms with E-state index >= 15 is 0 Å². The van der Waals surface area contributed by atoms with Crippen molar-refractivity contribution in [2.45, 2.75) is 31.6 Å². The van der Waals surface area contributed by atoms with Crippen LogP contribution in [0, 0.1) is 0 Å². The lowest BCUT2D eigenvalue weighted by molar-refractivity contribution is 0.0339. The Hall–Kier alpha value is -3.07. The Kier molecular flexibility index (Phi) is 7.51. The van der Waals surface area contributed by atoms with Crippen molar-refractivity contribution in [2.75, 3.05) is 21.3 Å². The number of carbonyl (C=O) groups excluding carboxylic acids is 1. The lowest BCUT2D eigenvalue weighted by atomic mass is 9.86. The Morgan fingerprint density at radius 3 is 2.26 bits per heavy atom. The molecule has 4 N–H and O–H groups in total. The third-order valence-electron chi connectivity index (χ3n) is 5.40. The standard InChI is InChI=1S/C23H29N3O5/c1-14(10-15-8-6-5-7-9-15)16-11-19(28-2)20(29-3)12-17(16)21(31-24)18-13-25-23(27)26-22(18)30-4/h5-9,11-14,21-22H,10,24H2,1-4H3,(H2,25,26,27). The molecule has 0 fully saturated rings. The number of rotatable bonds is 9. The van der Waals surface area contributed by atoms with Gasteiger partial charge in [0, 0.05) is 18.9 Å². The molecule has 31 heavy (non-hydrogen) atoms. The molecule has 0 spiro atoms. The summed E-state index contributed by atoms with van der Waals surface area (Å²) in [6.45, 7) is 2.13. The minimum Gasteiger partial charge on any atom is -0.493 e. The zero-order valence-electron chi connectivity index (χ0n) is 18.2. The molecule has 2 aromatic rings. The molecule has 2 aromatic carbocycles. The molecule has 1 aliphatic rings. The number of nitrogens with one attached hydrogen (secondary N) is 2. The molecule has 3 unspecified atom stereocenters. The van der Waals surface area contributed by atoms with Crippen LogP contribution in [0.3, 0.4) is 0 Å². The highest BCUT2D eigenvalue weighted by atomic mass is 16.6. The van der Waals surface area contributed by atoms with Gasteiger partial charge in [-0.1, -0.05) is 37.3 Å². The molecule has 1 aliphatic heterocycles. The largest absolute Gasteiger partial charge is 0.493 e. The Labute approximate surface area is 182 Å². The number of carbonyl (C=O) groups is 1. The molecule has 0 bridgehead atoms. The first-order valence-electron chi connectivity index (χ1n) is 9.97. The highest BCUT2D eigenvalue weighted by molar-refractivity contribution is 5.77. The number of hydrogen-bond donors (Lipinski definition) is 3. The maximum absolute atomic E-state index is 11.7. The predicted molar refractivity (Wildman–Crippen MR) is 117 cm³/mol. The second-order valence-corrected chi connectivity index (χ2v) is 7.32. The van der Waals surface area contributed by atoms with Gasteiger partial charge < -0.3 is 24.8 Å². The van der Waals surface area contributed by atoms with Crippen molar-refractivity contribution in [1.29, 1.82) is 0 Å². The molecular weight excluding hydrogens is 398 g/mol. The first kappa shape index (κ1) is 22.6. The van der Waals surface area contributed by atoms with Crippen LogP contribution in [0.25, 0.3) is 0 Å². The van der Waals surface area contributed by atoms with E-state index in [1.54, 1.807) is 20.4 Å². The maximum atomic E-state index is 11.7. The lowest BCUT2D eigenvalue weighted by Gasteiger charge is -2.31. The van der Waals surface area contributed by atoms with E-state index in [-0.39, 0.29) is 11.9 Å². The highest BCUT2D eigenvalue weighted by Gasteiger charge is 2.32. The van der Waals surface area contributed by atoms with Gasteiger partial charge >= 0.3 is 6.03 Å². The number of urea groups is 1. The van der Waals surface area contributed by atoms with Gasteiger partial charge in [-0.3, -0.25) is 4.84 Å². The predicted octanol–water partition coefficient (Wildman–Crippen LogP) is 3.15. The van der Waals surface area contributed by atoms with Gasteiger partial charge in [-0.2, -0.15) is 0 Å². The molecule has 0 aromatic heterocycles. The Morgan fingerprint density at radius 1 is 1.03 bits per heavy atom. The summed E-state index contributed by atoms with van der Waals surface area (Å²) in [4.78, 5) is 17.2. The van der Waals surface area contributed by atoms with E-state index < -0.39 is 12.3 Å². The fourth-order valence-electron chi connectivity index (χ4n) is 3.85. The van der Waals surface area contributed by atoms with Crippen LogP contribution in [0.4, 0.5) is 4.79 Å². The Balaban J connectivity index is 2.08. The fraction of sp³-hybridized carbons (Fsp3) is 0.348. The summed E-state index contributed by atoms with van der Waals surface area (Å²) in [5, 5.41) is 5.35. The van der Waals surface area contributed by atoms with Crippen molar-refractivity contribution >= 4 is 6.03 Å². The van der Waals surface area contributed by atoms with Crippen LogP contribution in [-0.2, 0) is 16.0 Å². The van der Waals surface area contributed by atoms with E-state index in [4.69, 9.17) is 24.9 Å². The van der Waals surface area contributed by atoms with E-state index in [1.165, 1.54) is 12.7 Å². The lowest BCUT2D eigenvalue weighted by Crippen LogP contribution is -2.48. The minimum absolute atomic E-state index is 0.114. The van der Waals surface area contributed by atoms with E-state index in [1.807, 2.05) is 30.3 Å². The second kappa shape index (κ2) is 10.3. The normalized spacial score (nSPS) is 17.8. The summed E-state index contributed by atoms with van der Waals surface area (Å²) in [5.74, 6) is 7.04. The van der Waals surface area contributed by atoms with Crippen LogP contribution < -0.4 is 26.0 Å². The van der Waals surface area contributed by atoms with Gasteiger partial charge in [0.05, 0.1) is 14.2 Å². The number of amides is 2. The van der Waals surface area contributed by atoms with Gasteiger partial charge in [0.1, 0.15) is 6.10 Å². The summed E-state index contributed by atoms with van der Waals surface area (Å²) >= 11 is 0. The number of methoxy groups -OCH3 is 3. The summed E-state index contributed by atoms with van der Waals surface area (Å²) in [6, 6.07) is 13.7. The van der Waals surface area contributed by atoms with Gasteiger partial charge in [0.25, 0.3) is 0 Å². The van der Waals surface area contributed by atoms with Gasteiger partial charge in [0.2, 0.25) is 0 Å². The molecule has 8 heteroatoms. The molecule has 2 amide bonds. The molecule has 3 atom stereocenters. The average Bonchev–Trinajstić information content (AvgIpc) is 2.80. The van der Waals surface area contributed by atoms with Crippen molar-refractivity contribution in [2.24, 2.45) is 5.90 Å². The first-order valence-corrected chi connectivity index (χ1v) is 9.97. The van der Waals surface area contributed by atoms with Crippen LogP contribution in [0.5, 0.6) is 11.5 Å². The average molecular weight is 428 g/mol. The molecule has 0 saturated carbocycles. The van der Waals surface area contributed by atoms with Crippen molar-refractivity contribution < 1.29 is 23.8 Å². The van der Waals surface area contributed by atoms with Crippen LogP contribution in [0.1, 0.15) is 35.6 Å². The maximum Gasteiger partial charge on any atom is 0.321 e. The summed E-state index contributed by atoms with van der Waals surface area (Å²) < 4.78 is 16.5. The summed E-state index contributed by atoms with van der Waals surface area (Å²) in [5.41, 5.74) is 3.63. The van der Waals surface area contributed by atoms with E-state index in [2.05, 4.69) is 29.7 Å². The zero-order valence-corrected chi connectivity index (χ0v) is 18.2. The molecule has 8 nitrogen and oxygen atoms in total. The number of nitrogens with two attached hydrogens (primary N) is 1. The molecule has 166 valence electrons. The third kappa shape index (κ3) is 4.99. The van der Waals surface area contributed by atoms with E-state index in [9.17, 15) is 4.79 Å². The van der Waals surface area contributed by atoms with Gasteiger partial charge in [0.15, 0.2) is 17.7 Å². The molecule has 1 heterocycles. The number of benzene rings is 2. The minimum atomic E-state index is -0.689. The van der Waals surface area contributed by atoms with E-state index in [0.717, 1.165) is 17.5 Å². The molecular formula is C23H29N3O5. The van der Waals surface area contributed by atoms with Crippen molar-refractivity contribution in [3.8, 4) is 11.5 Å². The number of hydrogen-bond acceptors (Lipinski definition) is 6. The van der Waals surface area contributed by atoms with Crippen LogP contribution in [0.15, 0.2) is 54.2 Å². The third-order valence-corrected chi connectivity index (χ3v) is 5.40. The molecule has 0 saturated heterocycles. The van der Waals surface area contributed by atoms with Crippen LogP contribution in [0.2, 0.25) is 0 Å². The van der Waals surface area contributed by atoms with E-state index in [0.29, 0.717) is 17.1 Å². The smallest absolute Gasteiger partial charge is 0.321 e. The van der Waals surface area contributed by atoms with Crippen molar-refractivity contribution in [1.82, 2.24) is 10.6 Å². The second-order valence-electron chi connectivity index (χ2n) is 7.32. The summed E-state index contributed by atoms with van der Waals surface area (Å²) in [6.07, 6.45) is 0.994. The van der Waals surface area contributed by atoms with Crippen LogP contribution >= 0.6 is 0 Å². The van der Waals surface area contributed by atoms with Gasteiger partial charge in [-0.15, -0.1) is 0 Å². The molecule has 0 radical (unpaired) electrons. The zero-order chi connectivity index (χ0) is 22.4. The first-order chi connectivity index (χ1) is 15.0. The van der Waals surface area contributed by atoms with Gasteiger partial charge in [-0.05, 0) is 41.2 Å². The topological polar surface area (TPSA) is 104 Å². The highest BCUT2D eigenvalue weighted by Crippen LogP contribution is 2.41.